The number of rotatable bonds is 3. The molecule has 0 amide bonds. The Labute approximate surface area is 176 Å². The van der Waals surface area contributed by atoms with Crippen molar-refractivity contribution in [2.45, 2.75) is 56.6 Å². The summed E-state index contributed by atoms with van der Waals surface area (Å²) in [5, 5.41) is 20.1. The molecule has 152 valence electrons. The van der Waals surface area contributed by atoms with E-state index in [0.29, 0.717) is 11.8 Å². The van der Waals surface area contributed by atoms with Gasteiger partial charge in [-0.3, -0.25) is 9.67 Å². The van der Waals surface area contributed by atoms with Crippen LogP contribution in [0.1, 0.15) is 54.2 Å². The van der Waals surface area contributed by atoms with Crippen LogP contribution in [-0.4, -0.2) is 30.7 Å². The van der Waals surface area contributed by atoms with Crippen molar-refractivity contribution >= 4 is 0 Å². The third kappa shape index (κ3) is 2.36. The van der Waals surface area contributed by atoms with Crippen LogP contribution in [0.5, 0.6) is 0 Å². The second-order valence-electron chi connectivity index (χ2n) is 9.48. The molecule has 4 atom stereocenters. The topological polar surface area (TPSA) is 63.8 Å². The SMILES string of the molecule is C=C1C[C@]23C[C@@]1(O)CC[C@H]2c1cccc(C)c1[C@@H]3Cn1cc(-c2ccccn2)nn1. The number of nitrogens with zero attached hydrogens (tertiary/aromatic N) is 4. The van der Waals surface area contributed by atoms with Gasteiger partial charge in [-0.2, -0.15) is 0 Å². The van der Waals surface area contributed by atoms with Crippen LogP contribution in [0.15, 0.2) is 60.9 Å². The first-order chi connectivity index (χ1) is 14.5. The van der Waals surface area contributed by atoms with Gasteiger partial charge in [0.05, 0.1) is 24.0 Å². The maximum atomic E-state index is 11.3. The molecule has 3 aliphatic carbocycles. The van der Waals surface area contributed by atoms with E-state index >= 15 is 0 Å². The van der Waals surface area contributed by atoms with E-state index < -0.39 is 5.60 Å². The van der Waals surface area contributed by atoms with E-state index in [0.717, 1.165) is 49.2 Å². The van der Waals surface area contributed by atoms with Gasteiger partial charge >= 0.3 is 0 Å². The molecule has 2 bridgehead atoms. The number of benzene rings is 1. The molecular weight excluding hydrogens is 372 g/mol. The molecule has 1 spiro atoms. The zero-order valence-corrected chi connectivity index (χ0v) is 17.3. The zero-order chi connectivity index (χ0) is 20.5. The number of pyridine rings is 1. The fourth-order valence-electron chi connectivity index (χ4n) is 6.68. The van der Waals surface area contributed by atoms with Crippen LogP contribution in [-0.2, 0) is 6.54 Å². The molecule has 0 saturated heterocycles. The minimum Gasteiger partial charge on any atom is -0.386 e. The summed E-state index contributed by atoms with van der Waals surface area (Å²) in [6, 6.07) is 12.5. The minimum atomic E-state index is -0.702. The van der Waals surface area contributed by atoms with Gasteiger partial charge in [0.2, 0.25) is 0 Å². The number of aliphatic hydroxyl groups is 1. The summed E-state index contributed by atoms with van der Waals surface area (Å²) in [5.74, 6) is 0.777. The number of hydrogen-bond acceptors (Lipinski definition) is 4. The van der Waals surface area contributed by atoms with E-state index in [9.17, 15) is 5.11 Å². The van der Waals surface area contributed by atoms with Gasteiger partial charge in [0.15, 0.2) is 0 Å². The van der Waals surface area contributed by atoms with Gasteiger partial charge in [0, 0.05) is 12.1 Å². The highest BCUT2D eigenvalue weighted by Gasteiger charge is 2.64. The molecule has 2 fully saturated rings. The molecule has 5 heteroatoms. The van der Waals surface area contributed by atoms with E-state index in [2.05, 4.69) is 47.0 Å². The first-order valence-corrected chi connectivity index (χ1v) is 10.8. The molecule has 3 aliphatic rings. The maximum Gasteiger partial charge on any atom is 0.131 e. The third-order valence-electron chi connectivity index (χ3n) is 7.97. The van der Waals surface area contributed by atoms with Crippen molar-refractivity contribution in [3.63, 3.8) is 0 Å². The molecule has 0 aliphatic heterocycles. The predicted molar refractivity (Wildman–Crippen MR) is 115 cm³/mol. The Balaban J connectivity index is 1.43. The molecule has 0 unspecified atom stereocenters. The Morgan fingerprint density at radius 1 is 1.20 bits per heavy atom. The first-order valence-electron chi connectivity index (χ1n) is 10.8. The first kappa shape index (κ1) is 18.0. The molecule has 2 saturated carbocycles. The smallest absolute Gasteiger partial charge is 0.131 e. The molecule has 2 heterocycles. The molecule has 30 heavy (non-hydrogen) atoms. The van der Waals surface area contributed by atoms with E-state index in [1.807, 2.05) is 29.1 Å². The molecule has 1 N–H and O–H groups in total. The largest absolute Gasteiger partial charge is 0.386 e. The van der Waals surface area contributed by atoms with Crippen LogP contribution in [0, 0.1) is 12.3 Å². The van der Waals surface area contributed by atoms with Gasteiger partial charge in [-0.15, -0.1) is 5.10 Å². The Hall–Kier alpha value is -2.79. The average molecular weight is 399 g/mol. The highest BCUT2D eigenvalue weighted by Crippen LogP contribution is 2.71. The molecule has 2 aromatic heterocycles. The van der Waals surface area contributed by atoms with E-state index in [1.165, 1.54) is 16.7 Å². The number of fused-ring (bicyclic) bond motifs is 3. The van der Waals surface area contributed by atoms with Crippen LogP contribution in [0.25, 0.3) is 11.4 Å². The van der Waals surface area contributed by atoms with Crippen molar-refractivity contribution < 1.29 is 5.11 Å². The van der Waals surface area contributed by atoms with Crippen molar-refractivity contribution in [3.05, 3.63) is 77.6 Å². The second kappa shape index (κ2) is 6.11. The monoisotopic (exact) mass is 398 g/mol. The van der Waals surface area contributed by atoms with Gasteiger partial charge in [-0.1, -0.05) is 36.1 Å². The molecule has 5 nitrogen and oxygen atoms in total. The summed E-state index contributed by atoms with van der Waals surface area (Å²) in [6.07, 6.45) is 7.34. The number of aryl methyl sites for hydroxylation is 1. The molecule has 0 radical (unpaired) electrons. The molecule has 1 aromatic carbocycles. The normalized spacial score (nSPS) is 31.6. The second-order valence-corrected chi connectivity index (χ2v) is 9.48. The predicted octanol–water partition coefficient (Wildman–Crippen LogP) is 4.39. The summed E-state index contributed by atoms with van der Waals surface area (Å²) in [6.45, 7) is 7.28. The minimum absolute atomic E-state index is 0.0235. The van der Waals surface area contributed by atoms with Crippen LogP contribution < -0.4 is 0 Å². The van der Waals surface area contributed by atoms with Gasteiger partial charge in [-0.05, 0) is 78.3 Å². The molecule has 3 aromatic rings. The Bertz CT molecular complexity index is 1150. The summed E-state index contributed by atoms with van der Waals surface area (Å²) >= 11 is 0. The lowest BCUT2D eigenvalue weighted by atomic mass is 9.63. The van der Waals surface area contributed by atoms with Crippen LogP contribution in [0.2, 0.25) is 0 Å². The van der Waals surface area contributed by atoms with Gasteiger partial charge in [0.1, 0.15) is 5.69 Å². The number of aromatic nitrogens is 4. The van der Waals surface area contributed by atoms with Crippen molar-refractivity contribution in [1.82, 2.24) is 20.0 Å². The highest BCUT2D eigenvalue weighted by atomic mass is 16.3. The zero-order valence-electron chi connectivity index (χ0n) is 17.3. The third-order valence-corrected chi connectivity index (χ3v) is 7.97. The standard InChI is InChI=1S/C25H26N4O/c1-16-6-5-7-18-19-9-10-25(30)15-24(19,12-17(25)2)20(23(16)18)13-29-14-22(27-28-29)21-8-3-4-11-26-21/h3-8,11,14,19-20,30H,2,9-10,12-13,15H2,1H3/t19-,20-,24-,25-/m0/s1. The van der Waals surface area contributed by atoms with Crippen LogP contribution in [0.4, 0.5) is 0 Å². The van der Waals surface area contributed by atoms with Gasteiger partial charge < -0.3 is 5.11 Å². The Kier molecular flexibility index (Phi) is 3.67. The number of hydrogen-bond donors (Lipinski definition) is 1. The summed E-state index contributed by atoms with van der Waals surface area (Å²) in [4.78, 5) is 4.40. The van der Waals surface area contributed by atoms with Crippen molar-refractivity contribution in [2.75, 3.05) is 0 Å². The average Bonchev–Trinajstić information content (AvgIpc) is 3.36. The Morgan fingerprint density at radius 3 is 2.93 bits per heavy atom. The fourth-order valence-corrected chi connectivity index (χ4v) is 6.68. The maximum absolute atomic E-state index is 11.3. The van der Waals surface area contributed by atoms with Crippen molar-refractivity contribution in [2.24, 2.45) is 5.41 Å². The van der Waals surface area contributed by atoms with E-state index in [1.54, 1.807) is 6.20 Å². The lowest BCUT2D eigenvalue weighted by Gasteiger charge is -2.42. The summed E-state index contributed by atoms with van der Waals surface area (Å²) in [5.41, 5.74) is 6.24. The molecule has 6 rings (SSSR count). The van der Waals surface area contributed by atoms with Gasteiger partial charge in [0.25, 0.3) is 0 Å². The van der Waals surface area contributed by atoms with Crippen molar-refractivity contribution in [1.29, 1.82) is 0 Å². The van der Waals surface area contributed by atoms with Crippen molar-refractivity contribution in [3.8, 4) is 11.4 Å². The lowest BCUT2D eigenvalue weighted by Crippen LogP contribution is -2.39. The quantitative estimate of drug-likeness (QED) is 0.665. The molecular formula is C25H26N4O. The van der Waals surface area contributed by atoms with Gasteiger partial charge in [-0.25, -0.2) is 0 Å². The lowest BCUT2D eigenvalue weighted by molar-refractivity contribution is 0.00371. The van der Waals surface area contributed by atoms with Crippen LogP contribution in [0.3, 0.4) is 0 Å². The van der Waals surface area contributed by atoms with E-state index in [4.69, 9.17) is 0 Å². The fraction of sp³-hybridized carbons (Fsp3) is 0.400. The summed E-state index contributed by atoms with van der Waals surface area (Å²) < 4.78 is 1.97. The summed E-state index contributed by atoms with van der Waals surface area (Å²) in [7, 11) is 0. The Morgan fingerprint density at radius 2 is 2.10 bits per heavy atom. The van der Waals surface area contributed by atoms with Crippen LogP contribution >= 0.6 is 0 Å². The van der Waals surface area contributed by atoms with E-state index in [-0.39, 0.29) is 5.41 Å². The highest BCUT2D eigenvalue weighted by molar-refractivity contribution is 5.53.